The van der Waals surface area contributed by atoms with Gasteiger partial charge in [-0.25, -0.2) is 0 Å². The van der Waals surface area contributed by atoms with Gasteiger partial charge in [0.25, 0.3) is 5.91 Å². The Labute approximate surface area is 106 Å². The van der Waals surface area contributed by atoms with Gasteiger partial charge in [-0.05, 0) is 18.2 Å². The summed E-state index contributed by atoms with van der Waals surface area (Å²) in [6.07, 6.45) is -0.863. The number of methoxy groups -OCH3 is 1. The molecule has 18 heavy (non-hydrogen) atoms. The summed E-state index contributed by atoms with van der Waals surface area (Å²) in [7, 11) is 3.07. The van der Waals surface area contributed by atoms with Crippen LogP contribution in [0.3, 0.4) is 0 Å². The number of benzene rings is 1. The first-order valence-corrected chi connectivity index (χ1v) is 5.55. The van der Waals surface area contributed by atoms with Crippen molar-refractivity contribution < 1.29 is 19.7 Å². The third kappa shape index (κ3) is 3.61. The molecule has 1 rings (SSSR count). The van der Waals surface area contributed by atoms with E-state index >= 15 is 0 Å². The first-order chi connectivity index (χ1) is 8.62. The summed E-state index contributed by atoms with van der Waals surface area (Å²) in [4.78, 5) is 11.5. The van der Waals surface area contributed by atoms with Gasteiger partial charge < -0.3 is 25.6 Å². The maximum Gasteiger partial charge on any atom is 0.251 e. The number of ether oxygens (including phenoxy) is 1. The van der Waals surface area contributed by atoms with E-state index in [9.17, 15) is 9.90 Å². The van der Waals surface area contributed by atoms with Crippen molar-refractivity contribution in [1.29, 1.82) is 0 Å². The topological polar surface area (TPSA) is 90.8 Å². The third-order valence-electron chi connectivity index (χ3n) is 2.43. The SMILES string of the molecule is CNC(=O)c1ccc(OC)c(NCC(O)CO)c1. The van der Waals surface area contributed by atoms with Crippen molar-refractivity contribution >= 4 is 11.6 Å². The number of nitrogens with one attached hydrogen (secondary N) is 2. The summed E-state index contributed by atoms with van der Waals surface area (Å²) in [6, 6.07) is 4.94. The smallest absolute Gasteiger partial charge is 0.251 e. The second-order valence-electron chi connectivity index (χ2n) is 3.71. The van der Waals surface area contributed by atoms with Gasteiger partial charge in [0.2, 0.25) is 0 Å². The fraction of sp³-hybridized carbons (Fsp3) is 0.417. The monoisotopic (exact) mass is 254 g/mol. The Morgan fingerprint density at radius 3 is 2.78 bits per heavy atom. The minimum Gasteiger partial charge on any atom is -0.495 e. The molecule has 1 amide bonds. The molecule has 1 atom stereocenters. The van der Waals surface area contributed by atoms with Crippen LogP contribution in [0.25, 0.3) is 0 Å². The van der Waals surface area contributed by atoms with Gasteiger partial charge in [-0.1, -0.05) is 0 Å². The van der Waals surface area contributed by atoms with Gasteiger partial charge in [0.15, 0.2) is 0 Å². The molecular formula is C12H18N2O4. The second-order valence-corrected chi connectivity index (χ2v) is 3.71. The van der Waals surface area contributed by atoms with Gasteiger partial charge in [-0.3, -0.25) is 4.79 Å². The van der Waals surface area contributed by atoms with Crippen LogP contribution in [0.2, 0.25) is 0 Å². The molecule has 0 radical (unpaired) electrons. The minimum atomic E-state index is -0.863. The number of hydrogen-bond donors (Lipinski definition) is 4. The lowest BCUT2D eigenvalue weighted by atomic mass is 10.1. The molecule has 1 aromatic carbocycles. The third-order valence-corrected chi connectivity index (χ3v) is 2.43. The Kier molecular flexibility index (Phi) is 5.41. The summed E-state index contributed by atoms with van der Waals surface area (Å²) in [5, 5.41) is 23.5. The van der Waals surface area contributed by atoms with Crippen LogP contribution in [0, 0.1) is 0 Å². The van der Waals surface area contributed by atoms with Crippen molar-refractivity contribution in [2.24, 2.45) is 0 Å². The van der Waals surface area contributed by atoms with Gasteiger partial charge in [0, 0.05) is 19.2 Å². The highest BCUT2D eigenvalue weighted by Gasteiger charge is 2.10. The maximum absolute atomic E-state index is 11.5. The average Bonchev–Trinajstić information content (AvgIpc) is 2.43. The molecule has 0 aromatic heterocycles. The molecule has 0 aliphatic carbocycles. The molecule has 0 aliphatic rings. The Morgan fingerprint density at radius 1 is 1.50 bits per heavy atom. The van der Waals surface area contributed by atoms with E-state index in [0.717, 1.165) is 0 Å². The summed E-state index contributed by atoms with van der Waals surface area (Å²) in [5.41, 5.74) is 1.07. The van der Waals surface area contributed by atoms with Gasteiger partial charge >= 0.3 is 0 Å². The van der Waals surface area contributed by atoms with Crippen molar-refractivity contribution in [2.75, 3.05) is 32.6 Å². The molecule has 100 valence electrons. The predicted molar refractivity (Wildman–Crippen MR) is 68.0 cm³/mol. The molecule has 0 bridgehead atoms. The summed E-state index contributed by atoms with van der Waals surface area (Å²) >= 11 is 0. The number of aliphatic hydroxyl groups is 2. The fourth-order valence-electron chi connectivity index (χ4n) is 1.42. The van der Waals surface area contributed by atoms with Gasteiger partial charge in [-0.2, -0.15) is 0 Å². The molecule has 6 nitrogen and oxygen atoms in total. The van der Waals surface area contributed by atoms with E-state index in [2.05, 4.69) is 10.6 Å². The standard InChI is InChI=1S/C12H18N2O4/c1-13-12(17)8-3-4-11(18-2)10(5-8)14-6-9(16)7-15/h3-5,9,14-16H,6-7H2,1-2H3,(H,13,17). The van der Waals surface area contributed by atoms with Crippen LogP contribution in [0.1, 0.15) is 10.4 Å². The van der Waals surface area contributed by atoms with Crippen LogP contribution < -0.4 is 15.4 Å². The highest BCUT2D eigenvalue weighted by atomic mass is 16.5. The normalized spacial score (nSPS) is 11.8. The van der Waals surface area contributed by atoms with Crippen LogP contribution in [0.15, 0.2) is 18.2 Å². The van der Waals surface area contributed by atoms with Crippen molar-refractivity contribution in [3.63, 3.8) is 0 Å². The lowest BCUT2D eigenvalue weighted by Gasteiger charge is -2.14. The van der Waals surface area contributed by atoms with Crippen molar-refractivity contribution in [3.8, 4) is 5.75 Å². The maximum atomic E-state index is 11.5. The largest absolute Gasteiger partial charge is 0.495 e. The molecule has 0 heterocycles. The van der Waals surface area contributed by atoms with Crippen LogP contribution in [0.4, 0.5) is 5.69 Å². The van der Waals surface area contributed by atoms with Crippen LogP contribution in [-0.4, -0.2) is 49.5 Å². The molecular weight excluding hydrogens is 236 g/mol. The predicted octanol–water partition coefficient (Wildman–Crippen LogP) is -0.180. The van der Waals surface area contributed by atoms with Crippen LogP contribution >= 0.6 is 0 Å². The zero-order valence-corrected chi connectivity index (χ0v) is 10.4. The minimum absolute atomic E-state index is 0.171. The fourth-order valence-corrected chi connectivity index (χ4v) is 1.42. The zero-order chi connectivity index (χ0) is 13.5. The number of carbonyl (C=O) groups is 1. The van der Waals surface area contributed by atoms with E-state index < -0.39 is 6.10 Å². The Morgan fingerprint density at radius 2 is 2.22 bits per heavy atom. The summed E-state index contributed by atoms with van der Waals surface area (Å²) in [6.45, 7) is -0.158. The molecule has 1 unspecified atom stereocenters. The Balaban J connectivity index is 2.88. The molecule has 6 heteroatoms. The van der Waals surface area contributed by atoms with E-state index in [4.69, 9.17) is 9.84 Å². The molecule has 0 spiro atoms. The van der Waals surface area contributed by atoms with E-state index in [-0.39, 0.29) is 19.1 Å². The van der Waals surface area contributed by atoms with Gasteiger partial charge in [-0.15, -0.1) is 0 Å². The van der Waals surface area contributed by atoms with Crippen LogP contribution in [0.5, 0.6) is 5.75 Å². The second kappa shape index (κ2) is 6.83. The number of anilines is 1. The molecule has 0 saturated heterocycles. The number of hydrogen-bond acceptors (Lipinski definition) is 5. The Hall–Kier alpha value is -1.79. The number of carbonyl (C=O) groups excluding carboxylic acids is 1. The average molecular weight is 254 g/mol. The van der Waals surface area contributed by atoms with E-state index in [1.54, 1.807) is 25.2 Å². The molecule has 0 fully saturated rings. The van der Waals surface area contributed by atoms with Crippen molar-refractivity contribution in [1.82, 2.24) is 5.32 Å². The van der Waals surface area contributed by atoms with Gasteiger partial charge in [0.05, 0.1) is 25.5 Å². The van der Waals surface area contributed by atoms with E-state index in [1.807, 2.05) is 0 Å². The van der Waals surface area contributed by atoms with Crippen molar-refractivity contribution in [3.05, 3.63) is 23.8 Å². The molecule has 4 N–H and O–H groups in total. The highest BCUT2D eigenvalue weighted by molar-refractivity contribution is 5.95. The van der Waals surface area contributed by atoms with Crippen LogP contribution in [-0.2, 0) is 0 Å². The molecule has 0 saturated carbocycles. The highest BCUT2D eigenvalue weighted by Crippen LogP contribution is 2.25. The molecule has 1 aromatic rings. The van der Waals surface area contributed by atoms with E-state index in [0.29, 0.717) is 17.0 Å². The van der Waals surface area contributed by atoms with Gasteiger partial charge in [0.1, 0.15) is 5.75 Å². The van der Waals surface area contributed by atoms with E-state index in [1.165, 1.54) is 7.11 Å². The van der Waals surface area contributed by atoms with Crippen molar-refractivity contribution in [2.45, 2.75) is 6.10 Å². The first-order valence-electron chi connectivity index (χ1n) is 5.55. The lowest BCUT2D eigenvalue weighted by Crippen LogP contribution is -2.23. The quantitative estimate of drug-likeness (QED) is 0.565. The number of amides is 1. The number of rotatable bonds is 6. The zero-order valence-electron chi connectivity index (χ0n) is 10.4. The molecule has 0 aliphatic heterocycles. The first kappa shape index (κ1) is 14.3. The Bertz CT molecular complexity index is 409. The lowest BCUT2D eigenvalue weighted by molar-refractivity contribution is 0.0963. The summed E-state index contributed by atoms with van der Waals surface area (Å²) in [5.74, 6) is 0.358. The summed E-state index contributed by atoms with van der Waals surface area (Å²) < 4.78 is 5.14. The number of aliphatic hydroxyl groups excluding tert-OH is 2.